The number of methoxy groups -OCH3 is 1. The summed E-state index contributed by atoms with van der Waals surface area (Å²) < 4.78 is 10.9. The number of benzene rings is 2. The average molecular weight is 403 g/mol. The topological polar surface area (TPSA) is 72.8 Å². The number of carbonyl (C=O) groups is 2. The number of carbonyl (C=O) groups excluding carboxylic acids is 1. The molecule has 28 heavy (non-hydrogen) atoms. The number of carboxylic acid groups (broad SMARTS) is 1. The van der Waals surface area contributed by atoms with Crippen LogP contribution in [0.2, 0.25) is 5.02 Å². The average Bonchev–Trinajstić information content (AvgIpc) is 2.62. The summed E-state index contributed by atoms with van der Waals surface area (Å²) >= 11 is 5.93. The highest BCUT2D eigenvalue weighted by atomic mass is 35.5. The van der Waals surface area contributed by atoms with Crippen LogP contribution in [0.1, 0.15) is 40.9 Å². The lowest BCUT2D eigenvalue weighted by Crippen LogP contribution is -2.38. The summed E-state index contributed by atoms with van der Waals surface area (Å²) in [6.45, 7) is 6.67. The summed E-state index contributed by atoms with van der Waals surface area (Å²) in [7, 11) is 1.48. The van der Waals surface area contributed by atoms with Crippen LogP contribution in [0.4, 0.5) is 0 Å². The van der Waals surface area contributed by atoms with Gasteiger partial charge in [0.15, 0.2) is 11.4 Å². The number of hydrogen-bond donors (Lipinski definition) is 1. The van der Waals surface area contributed by atoms with Crippen LogP contribution in [-0.4, -0.2) is 29.6 Å². The van der Waals surface area contributed by atoms with Crippen molar-refractivity contribution in [2.75, 3.05) is 7.11 Å². The molecule has 0 saturated heterocycles. The molecular formula is C22H23ClO5. The smallest absolute Gasteiger partial charge is 0.347 e. The molecule has 0 spiro atoms. The SMILES string of the molecule is COc1cc(Cl)ccc1C(=O)C=Cc1cc(C)c(OC(C)(C)C(=O)O)c(C)c1. The molecule has 0 aliphatic rings. The molecule has 0 atom stereocenters. The third-order valence-corrected chi connectivity index (χ3v) is 4.45. The Morgan fingerprint density at radius 1 is 1.11 bits per heavy atom. The quantitative estimate of drug-likeness (QED) is 0.515. The van der Waals surface area contributed by atoms with E-state index >= 15 is 0 Å². The number of halogens is 1. The molecule has 6 heteroatoms. The van der Waals surface area contributed by atoms with Gasteiger partial charge >= 0.3 is 5.97 Å². The van der Waals surface area contributed by atoms with Crippen LogP contribution < -0.4 is 9.47 Å². The second-order valence-corrected chi connectivity index (χ2v) is 7.38. The summed E-state index contributed by atoms with van der Waals surface area (Å²) in [5.74, 6) is -0.321. The molecule has 0 aliphatic heterocycles. The molecule has 0 saturated carbocycles. The molecule has 2 rings (SSSR count). The first-order chi connectivity index (χ1) is 13.0. The van der Waals surface area contributed by atoms with Crippen molar-refractivity contribution in [2.45, 2.75) is 33.3 Å². The number of aryl methyl sites for hydroxylation is 2. The molecule has 2 aromatic rings. The standard InChI is InChI=1S/C22H23ClO5/c1-13-10-15(11-14(2)20(13)28-22(3,4)21(25)26)6-9-18(24)17-8-7-16(23)12-19(17)27-5/h6-12H,1-5H3,(H,25,26). The number of rotatable bonds is 7. The van der Waals surface area contributed by atoms with Gasteiger partial charge in [-0.1, -0.05) is 17.7 Å². The number of ether oxygens (including phenoxy) is 2. The second-order valence-electron chi connectivity index (χ2n) is 6.94. The lowest BCUT2D eigenvalue weighted by atomic mass is 10.0. The number of hydrogen-bond acceptors (Lipinski definition) is 4. The Labute approximate surface area is 169 Å². The van der Waals surface area contributed by atoms with Crippen molar-refractivity contribution >= 4 is 29.4 Å². The Bertz CT molecular complexity index is 921. The van der Waals surface area contributed by atoms with Gasteiger partial charge in [-0.15, -0.1) is 0 Å². The Morgan fingerprint density at radius 3 is 2.25 bits per heavy atom. The zero-order chi connectivity index (χ0) is 21.1. The highest BCUT2D eigenvalue weighted by Gasteiger charge is 2.30. The van der Waals surface area contributed by atoms with Crippen LogP contribution in [0.5, 0.6) is 11.5 Å². The molecule has 0 bridgehead atoms. The van der Waals surface area contributed by atoms with Gasteiger partial charge in [0, 0.05) is 5.02 Å². The van der Waals surface area contributed by atoms with Gasteiger partial charge in [-0.25, -0.2) is 4.79 Å². The van der Waals surface area contributed by atoms with Crippen LogP contribution in [0.25, 0.3) is 6.08 Å². The maximum Gasteiger partial charge on any atom is 0.347 e. The first kappa shape index (κ1) is 21.5. The maximum atomic E-state index is 12.5. The first-order valence-corrected chi connectivity index (χ1v) is 9.02. The maximum absolute atomic E-state index is 12.5. The van der Waals surface area contributed by atoms with Crippen LogP contribution >= 0.6 is 11.6 Å². The normalized spacial score (nSPS) is 11.5. The monoisotopic (exact) mass is 402 g/mol. The molecule has 0 unspecified atom stereocenters. The molecule has 148 valence electrons. The largest absolute Gasteiger partial charge is 0.496 e. The molecule has 5 nitrogen and oxygen atoms in total. The zero-order valence-corrected chi connectivity index (χ0v) is 17.3. The summed E-state index contributed by atoms with van der Waals surface area (Å²) in [4.78, 5) is 23.8. The molecule has 1 N–H and O–H groups in total. The number of aliphatic carboxylic acids is 1. The van der Waals surface area contributed by atoms with E-state index in [9.17, 15) is 14.7 Å². The summed E-state index contributed by atoms with van der Waals surface area (Å²) in [5, 5.41) is 9.75. The van der Waals surface area contributed by atoms with E-state index in [1.165, 1.54) is 27.0 Å². The van der Waals surface area contributed by atoms with Gasteiger partial charge in [0.05, 0.1) is 12.7 Å². The lowest BCUT2D eigenvalue weighted by molar-refractivity contribution is -0.152. The number of carboxylic acids is 1. The summed E-state index contributed by atoms with van der Waals surface area (Å²) in [6, 6.07) is 8.52. The first-order valence-electron chi connectivity index (χ1n) is 8.64. The molecule has 0 heterocycles. The molecule has 0 aliphatic carbocycles. The molecule has 0 fully saturated rings. The van der Waals surface area contributed by atoms with E-state index in [1.807, 2.05) is 26.0 Å². The van der Waals surface area contributed by atoms with Gasteiger partial charge < -0.3 is 14.6 Å². The Kier molecular flexibility index (Phi) is 6.52. The van der Waals surface area contributed by atoms with Gasteiger partial charge in [0.1, 0.15) is 11.5 Å². The highest BCUT2D eigenvalue weighted by molar-refractivity contribution is 6.31. The highest BCUT2D eigenvalue weighted by Crippen LogP contribution is 2.29. The van der Waals surface area contributed by atoms with E-state index in [2.05, 4.69) is 0 Å². The van der Waals surface area contributed by atoms with Gasteiger partial charge in [0.25, 0.3) is 0 Å². The van der Waals surface area contributed by atoms with Crippen molar-refractivity contribution in [3.63, 3.8) is 0 Å². The van der Waals surface area contributed by atoms with Gasteiger partial charge in [-0.3, -0.25) is 4.79 Å². The Hall–Kier alpha value is -2.79. The van der Waals surface area contributed by atoms with E-state index < -0.39 is 11.6 Å². The molecule has 0 aromatic heterocycles. The Balaban J connectivity index is 2.28. The van der Waals surface area contributed by atoms with Crippen molar-refractivity contribution < 1.29 is 24.2 Å². The fraction of sp³-hybridized carbons (Fsp3) is 0.273. The second kappa shape index (κ2) is 8.48. The van der Waals surface area contributed by atoms with Crippen LogP contribution in [0.3, 0.4) is 0 Å². The van der Waals surface area contributed by atoms with E-state index in [0.717, 1.165) is 16.7 Å². The van der Waals surface area contributed by atoms with Crippen molar-refractivity contribution in [3.05, 3.63) is 63.7 Å². The number of allylic oxidation sites excluding steroid dienone is 1. The van der Waals surface area contributed by atoms with E-state index in [0.29, 0.717) is 22.1 Å². The van der Waals surface area contributed by atoms with Crippen molar-refractivity contribution in [3.8, 4) is 11.5 Å². The molecule has 0 amide bonds. The lowest BCUT2D eigenvalue weighted by Gasteiger charge is -2.24. The van der Waals surface area contributed by atoms with E-state index in [4.69, 9.17) is 21.1 Å². The summed E-state index contributed by atoms with van der Waals surface area (Å²) in [6.07, 6.45) is 3.16. The Morgan fingerprint density at radius 2 is 1.71 bits per heavy atom. The minimum Gasteiger partial charge on any atom is -0.496 e. The minimum atomic E-state index is -1.34. The minimum absolute atomic E-state index is 0.212. The molecule has 0 radical (unpaired) electrons. The van der Waals surface area contributed by atoms with E-state index in [1.54, 1.807) is 24.3 Å². The third-order valence-electron chi connectivity index (χ3n) is 4.21. The van der Waals surface area contributed by atoms with Gasteiger partial charge in [0.2, 0.25) is 0 Å². The third kappa shape index (κ3) is 4.93. The van der Waals surface area contributed by atoms with Crippen LogP contribution in [0.15, 0.2) is 36.4 Å². The fourth-order valence-corrected chi connectivity index (χ4v) is 2.83. The molecule has 2 aromatic carbocycles. The fourth-order valence-electron chi connectivity index (χ4n) is 2.67. The van der Waals surface area contributed by atoms with Crippen molar-refractivity contribution in [1.29, 1.82) is 0 Å². The predicted octanol–water partition coefficient (Wildman–Crippen LogP) is 5.10. The van der Waals surface area contributed by atoms with Crippen LogP contribution in [-0.2, 0) is 4.79 Å². The molecular weight excluding hydrogens is 380 g/mol. The predicted molar refractivity (Wildman–Crippen MR) is 110 cm³/mol. The van der Waals surface area contributed by atoms with Crippen molar-refractivity contribution in [2.24, 2.45) is 0 Å². The van der Waals surface area contributed by atoms with Crippen LogP contribution in [0, 0.1) is 13.8 Å². The van der Waals surface area contributed by atoms with Gasteiger partial charge in [-0.2, -0.15) is 0 Å². The number of ketones is 1. The van der Waals surface area contributed by atoms with Gasteiger partial charge in [-0.05, 0) is 80.8 Å². The van der Waals surface area contributed by atoms with E-state index in [-0.39, 0.29) is 5.78 Å². The zero-order valence-electron chi connectivity index (χ0n) is 16.5. The summed E-state index contributed by atoms with van der Waals surface area (Å²) in [5.41, 5.74) is 1.45. The van der Waals surface area contributed by atoms with Crippen molar-refractivity contribution in [1.82, 2.24) is 0 Å².